The van der Waals surface area contributed by atoms with E-state index in [0.717, 1.165) is 38.3 Å². The van der Waals surface area contributed by atoms with Crippen LogP contribution in [0.4, 0.5) is 0 Å². The number of aryl methyl sites for hydroxylation is 1. The Balaban J connectivity index is 1.44. The largest absolute Gasteiger partial charge is 0.497 e. The molecule has 6 nitrogen and oxygen atoms in total. The second-order valence-corrected chi connectivity index (χ2v) is 8.86. The van der Waals surface area contributed by atoms with Gasteiger partial charge in [0.1, 0.15) is 27.2 Å². The minimum atomic E-state index is 0.0322. The maximum absolute atomic E-state index is 12.4. The van der Waals surface area contributed by atoms with Gasteiger partial charge in [0.25, 0.3) is 0 Å². The fraction of sp³-hybridized carbons (Fsp3) is 0.167. The Kier molecular flexibility index (Phi) is 6.82. The molecule has 0 amide bonds. The molecule has 0 aliphatic heterocycles. The lowest BCUT2D eigenvalue weighted by molar-refractivity contribution is 0.102. The maximum Gasteiger partial charge on any atom is 0.173 e. The summed E-state index contributed by atoms with van der Waals surface area (Å²) in [5.41, 5.74) is 3.31. The predicted octanol–water partition coefficient (Wildman–Crippen LogP) is 5.57. The molecule has 0 N–H and O–H groups in total. The number of carbonyl (C=O) groups is 1. The van der Waals surface area contributed by atoms with Crippen molar-refractivity contribution in [2.45, 2.75) is 11.9 Å². The molecule has 0 atom stereocenters. The van der Waals surface area contributed by atoms with Crippen LogP contribution in [-0.2, 0) is 0 Å². The summed E-state index contributed by atoms with van der Waals surface area (Å²) in [6.07, 6.45) is 0. The molecule has 8 heteroatoms. The maximum atomic E-state index is 12.4. The van der Waals surface area contributed by atoms with Crippen molar-refractivity contribution in [1.82, 2.24) is 15.2 Å². The van der Waals surface area contributed by atoms with Crippen LogP contribution >= 0.6 is 23.1 Å². The Morgan fingerprint density at radius 3 is 2.44 bits per heavy atom. The monoisotopic (exact) mass is 463 g/mol. The Bertz CT molecular complexity index is 1220. The fourth-order valence-corrected chi connectivity index (χ4v) is 4.77. The van der Waals surface area contributed by atoms with Gasteiger partial charge in [0.05, 0.1) is 30.5 Å². The molecule has 0 saturated heterocycles. The van der Waals surface area contributed by atoms with Gasteiger partial charge in [0, 0.05) is 11.1 Å². The van der Waals surface area contributed by atoms with E-state index in [1.807, 2.05) is 43.3 Å². The van der Waals surface area contributed by atoms with Gasteiger partial charge in [0.2, 0.25) is 0 Å². The zero-order chi connectivity index (χ0) is 22.5. The van der Waals surface area contributed by atoms with Crippen molar-refractivity contribution >= 4 is 28.9 Å². The van der Waals surface area contributed by atoms with Crippen LogP contribution in [0.2, 0.25) is 0 Å². The molecule has 0 fully saturated rings. The molecule has 2 aromatic carbocycles. The van der Waals surface area contributed by atoms with Gasteiger partial charge < -0.3 is 9.47 Å². The topological polar surface area (TPSA) is 74.2 Å². The van der Waals surface area contributed by atoms with Crippen LogP contribution in [0.3, 0.4) is 0 Å². The van der Waals surface area contributed by atoms with Crippen molar-refractivity contribution in [2.75, 3.05) is 20.0 Å². The number of methoxy groups -OCH3 is 2. The number of carbonyl (C=O) groups excluding carboxylic acids is 1. The average Bonchev–Trinajstić information content (AvgIpc) is 3.24. The van der Waals surface area contributed by atoms with Gasteiger partial charge in [-0.3, -0.25) is 4.79 Å². The number of hydrogen-bond acceptors (Lipinski definition) is 8. The molecule has 0 saturated carbocycles. The average molecular weight is 464 g/mol. The first-order chi connectivity index (χ1) is 15.6. The van der Waals surface area contributed by atoms with Crippen LogP contribution in [0.15, 0.2) is 65.7 Å². The van der Waals surface area contributed by atoms with E-state index in [2.05, 4.69) is 10.2 Å². The number of thiazole rings is 1. The van der Waals surface area contributed by atoms with Crippen molar-refractivity contribution < 1.29 is 14.3 Å². The standard InChI is InChI=1S/C24H21N3O3S2/c1-15-23(32-24(25-15)17-5-4-6-19(13-17)30-3)20-11-12-22(27-26-20)31-14-21(28)16-7-9-18(29-2)10-8-16/h4-13H,14H2,1-3H3. The van der Waals surface area contributed by atoms with E-state index in [1.165, 1.54) is 11.8 Å². The third kappa shape index (κ3) is 4.98. The Morgan fingerprint density at radius 1 is 0.969 bits per heavy atom. The van der Waals surface area contributed by atoms with Gasteiger partial charge in [-0.25, -0.2) is 4.98 Å². The number of rotatable bonds is 8. The molecule has 4 rings (SSSR count). The second kappa shape index (κ2) is 9.93. The quantitative estimate of drug-likeness (QED) is 0.250. The summed E-state index contributed by atoms with van der Waals surface area (Å²) >= 11 is 2.94. The van der Waals surface area contributed by atoms with Gasteiger partial charge in [-0.05, 0) is 55.5 Å². The number of hydrogen-bond donors (Lipinski definition) is 0. The van der Waals surface area contributed by atoms with E-state index >= 15 is 0 Å². The van der Waals surface area contributed by atoms with E-state index < -0.39 is 0 Å². The summed E-state index contributed by atoms with van der Waals surface area (Å²) in [7, 11) is 3.25. The molecule has 32 heavy (non-hydrogen) atoms. The predicted molar refractivity (Wildman–Crippen MR) is 128 cm³/mol. The molecule has 2 heterocycles. The van der Waals surface area contributed by atoms with Crippen molar-refractivity contribution in [3.8, 4) is 32.6 Å². The van der Waals surface area contributed by atoms with Crippen LogP contribution in [0, 0.1) is 6.92 Å². The van der Waals surface area contributed by atoms with Crippen LogP contribution in [0.25, 0.3) is 21.1 Å². The molecule has 4 aromatic rings. The van der Waals surface area contributed by atoms with Crippen molar-refractivity contribution in [1.29, 1.82) is 0 Å². The van der Waals surface area contributed by atoms with Crippen LogP contribution in [0.5, 0.6) is 11.5 Å². The fourth-order valence-electron chi connectivity index (χ4n) is 3.03. The molecule has 2 aromatic heterocycles. The first kappa shape index (κ1) is 22.0. The minimum absolute atomic E-state index is 0.0322. The molecule has 0 aliphatic carbocycles. The van der Waals surface area contributed by atoms with Crippen molar-refractivity contribution in [2.24, 2.45) is 0 Å². The molecule has 0 spiro atoms. The highest BCUT2D eigenvalue weighted by Gasteiger charge is 2.14. The van der Waals surface area contributed by atoms with Gasteiger partial charge in [0.15, 0.2) is 5.78 Å². The number of aromatic nitrogens is 3. The van der Waals surface area contributed by atoms with Gasteiger partial charge in [-0.2, -0.15) is 0 Å². The summed E-state index contributed by atoms with van der Waals surface area (Å²) in [6, 6.07) is 18.7. The normalized spacial score (nSPS) is 10.7. The molecule has 0 bridgehead atoms. The van der Waals surface area contributed by atoms with E-state index in [4.69, 9.17) is 14.5 Å². The summed E-state index contributed by atoms with van der Waals surface area (Å²) in [4.78, 5) is 18.1. The third-order valence-electron chi connectivity index (χ3n) is 4.75. The Morgan fingerprint density at radius 2 is 1.75 bits per heavy atom. The molecular formula is C24H21N3O3S2. The van der Waals surface area contributed by atoms with Crippen LogP contribution in [-0.4, -0.2) is 40.9 Å². The number of benzene rings is 2. The molecule has 0 radical (unpaired) electrons. The lowest BCUT2D eigenvalue weighted by atomic mass is 10.1. The molecule has 0 aliphatic rings. The van der Waals surface area contributed by atoms with E-state index in [9.17, 15) is 4.79 Å². The highest BCUT2D eigenvalue weighted by Crippen LogP contribution is 2.35. The first-order valence-electron chi connectivity index (χ1n) is 9.83. The molecular weight excluding hydrogens is 442 g/mol. The summed E-state index contributed by atoms with van der Waals surface area (Å²) in [5, 5.41) is 10.3. The van der Waals surface area contributed by atoms with Gasteiger partial charge in [-0.1, -0.05) is 23.9 Å². The summed E-state index contributed by atoms with van der Waals surface area (Å²) in [6.45, 7) is 1.97. The number of thioether (sulfide) groups is 1. The van der Waals surface area contributed by atoms with Crippen LogP contribution < -0.4 is 9.47 Å². The highest BCUT2D eigenvalue weighted by atomic mass is 32.2. The molecule has 0 unspecified atom stereocenters. The number of ether oxygens (including phenoxy) is 2. The molecule has 162 valence electrons. The van der Waals surface area contributed by atoms with E-state index in [-0.39, 0.29) is 5.78 Å². The summed E-state index contributed by atoms with van der Waals surface area (Å²) < 4.78 is 10.4. The lowest BCUT2D eigenvalue weighted by Crippen LogP contribution is -2.02. The van der Waals surface area contributed by atoms with E-state index in [1.54, 1.807) is 49.8 Å². The lowest BCUT2D eigenvalue weighted by Gasteiger charge is -2.03. The van der Waals surface area contributed by atoms with Gasteiger partial charge in [-0.15, -0.1) is 21.5 Å². The van der Waals surface area contributed by atoms with Crippen molar-refractivity contribution in [3.05, 3.63) is 71.9 Å². The van der Waals surface area contributed by atoms with Crippen molar-refractivity contribution in [3.63, 3.8) is 0 Å². The smallest absolute Gasteiger partial charge is 0.173 e. The van der Waals surface area contributed by atoms with E-state index in [0.29, 0.717) is 16.3 Å². The zero-order valence-electron chi connectivity index (χ0n) is 17.9. The second-order valence-electron chi connectivity index (χ2n) is 6.86. The third-order valence-corrected chi connectivity index (χ3v) is 6.90. The zero-order valence-corrected chi connectivity index (χ0v) is 19.5. The van der Waals surface area contributed by atoms with Gasteiger partial charge >= 0.3 is 0 Å². The summed E-state index contributed by atoms with van der Waals surface area (Å²) in [5.74, 6) is 1.84. The number of nitrogens with zero attached hydrogens (tertiary/aromatic N) is 3. The Labute approximate surface area is 194 Å². The Hall–Kier alpha value is -3.23. The SMILES string of the molecule is COc1ccc(C(=O)CSc2ccc(-c3sc(-c4cccc(OC)c4)nc3C)nn2)cc1. The first-order valence-corrected chi connectivity index (χ1v) is 11.6. The minimum Gasteiger partial charge on any atom is -0.497 e. The number of ketones is 1. The van der Waals surface area contributed by atoms with Crippen LogP contribution in [0.1, 0.15) is 16.1 Å². The highest BCUT2D eigenvalue weighted by molar-refractivity contribution is 7.99. The number of Topliss-reactive ketones (excluding diaryl/α,β-unsaturated/α-hetero) is 1.